The number of hydrogen-bond acceptors (Lipinski definition) is 5. The second-order valence-electron chi connectivity index (χ2n) is 8.12. The van der Waals surface area contributed by atoms with Crippen molar-refractivity contribution in [1.82, 2.24) is 9.88 Å². The fourth-order valence-corrected chi connectivity index (χ4v) is 4.78. The van der Waals surface area contributed by atoms with Crippen LogP contribution in [0.5, 0.6) is 5.75 Å². The molecular weight excluding hydrogens is 338 g/mol. The lowest BCUT2D eigenvalue weighted by molar-refractivity contribution is 0.278. The molecule has 5 heteroatoms. The molecule has 0 radical (unpaired) electrons. The van der Waals surface area contributed by atoms with E-state index in [0.717, 1.165) is 25.1 Å². The van der Waals surface area contributed by atoms with Crippen LogP contribution in [-0.4, -0.2) is 46.3 Å². The van der Waals surface area contributed by atoms with Crippen molar-refractivity contribution in [2.45, 2.75) is 51.8 Å². The fourth-order valence-electron chi connectivity index (χ4n) is 4.78. The third-order valence-corrected chi connectivity index (χ3v) is 6.23. The molecule has 27 heavy (non-hydrogen) atoms. The van der Waals surface area contributed by atoms with E-state index in [1.54, 1.807) is 6.20 Å². The molecule has 2 atom stereocenters. The Labute approximate surface area is 161 Å². The van der Waals surface area contributed by atoms with E-state index in [9.17, 15) is 10.2 Å². The number of nitrogens with zero attached hydrogens (tertiary/aromatic N) is 3. The second kappa shape index (κ2) is 7.13. The molecule has 1 fully saturated rings. The first-order valence-electron chi connectivity index (χ1n) is 9.82. The molecular formula is C22H29N3O2. The van der Waals surface area contributed by atoms with Crippen molar-refractivity contribution in [2.24, 2.45) is 0 Å². The smallest absolute Gasteiger partial charge is 0.142 e. The van der Waals surface area contributed by atoms with E-state index in [4.69, 9.17) is 0 Å². The zero-order valence-corrected chi connectivity index (χ0v) is 16.4. The molecule has 0 amide bonds. The van der Waals surface area contributed by atoms with Crippen LogP contribution in [0.2, 0.25) is 0 Å². The fraction of sp³-hybridized carbons (Fsp3) is 0.500. The average molecular weight is 367 g/mol. The third-order valence-electron chi connectivity index (χ3n) is 6.23. The number of hydrogen-bond donors (Lipinski definition) is 2. The number of aryl methyl sites for hydroxylation is 2. The van der Waals surface area contributed by atoms with Crippen molar-refractivity contribution >= 4 is 5.69 Å². The molecule has 1 saturated heterocycles. The lowest BCUT2D eigenvalue weighted by Gasteiger charge is -2.30. The monoisotopic (exact) mass is 367 g/mol. The van der Waals surface area contributed by atoms with Crippen molar-refractivity contribution in [3.63, 3.8) is 0 Å². The molecule has 2 aromatic rings. The van der Waals surface area contributed by atoms with Crippen molar-refractivity contribution in [3.8, 4) is 5.75 Å². The maximum absolute atomic E-state index is 10.6. The highest BCUT2D eigenvalue weighted by molar-refractivity contribution is 5.64. The van der Waals surface area contributed by atoms with Gasteiger partial charge >= 0.3 is 0 Å². The molecule has 2 N–H and O–H groups in total. The summed E-state index contributed by atoms with van der Waals surface area (Å²) in [5, 5.41) is 20.4. The summed E-state index contributed by atoms with van der Waals surface area (Å²) in [6.07, 6.45) is 4.01. The highest BCUT2D eigenvalue weighted by Gasteiger charge is 2.40. The summed E-state index contributed by atoms with van der Waals surface area (Å²) in [4.78, 5) is 9.10. The Balaban J connectivity index is 1.78. The van der Waals surface area contributed by atoms with Crippen molar-refractivity contribution in [3.05, 3.63) is 52.3 Å². The van der Waals surface area contributed by atoms with Crippen LogP contribution in [0.1, 0.15) is 46.7 Å². The zero-order chi connectivity index (χ0) is 19.1. The summed E-state index contributed by atoms with van der Waals surface area (Å²) in [6.45, 7) is 6.65. The minimum absolute atomic E-state index is 0.110. The van der Waals surface area contributed by atoms with Crippen LogP contribution < -0.4 is 4.90 Å². The number of likely N-dealkylation sites (N-methyl/N-ethyl adjacent to an activating group) is 1. The maximum Gasteiger partial charge on any atom is 0.142 e. The number of aromatic nitrogens is 1. The third kappa shape index (κ3) is 3.19. The van der Waals surface area contributed by atoms with Crippen molar-refractivity contribution < 1.29 is 10.2 Å². The number of aliphatic hydroxyl groups is 1. The van der Waals surface area contributed by atoms with Gasteiger partial charge in [0.05, 0.1) is 12.3 Å². The Kier molecular flexibility index (Phi) is 4.82. The summed E-state index contributed by atoms with van der Waals surface area (Å²) in [7, 11) is 2.21. The standard InChI is InChI=1S/C22H29N3O2/c1-14-6-7-21-17(9-14)19-11-24(3)8-4-5-20(19)25(21)12-18-16(13-26)10-23-15(2)22(18)27/h6-7,9-10,19-20,26-27H,4-5,8,11-13H2,1-3H3/t19-,20+/m1/s1. The Hall–Kier alpha value is -2.11. The zero-order valence-electron chi connectivity index (χ0n) is 16.4. The van der Waals surface area contributed by atoms with Gasteiger partial charge in [0.25, 0.3) is 0 Å². The van der Waals surface area contributed by atoms with E-state index in [1.807, 2.05) is 6.92 Å². The highest BCUT2D eigenvalue weighted by Crippen LogP contribution is 2.46. The first kappa shape index (κ1) is 18.3. The van der Waals surface area contributed by atoms with Crippen molar-refractivity contribution in [1.29, 1.82) is 0 Å². The highest BCUT2D eigenvalue weighted by atomic mass is 16.3. The van der Waals surface area contributed by atoms with Gasteiger partial charge in [0.2, 0.25) is 0 Å². The summed E-state index contributed by atoms with van der Waals surface area (Å²) >= 11 is 0. The molecule has 144 valence electrons. The number of aliphatic hydroxyl groups excluding tert-OH is 1. The average Bonchev–Trinajstić information content (AvgIpc) is 2.78. The molecule has 5 nitrogen and oxygen atoms in total. The summed E-state index contributed by atoms with van der Waals surface area (Å²) in [5.41, 5.74) is 6.10. The molecule has 1 aromatic heterocycles. The van der Waals surface area contributed by atoms with E-state index in [2.05, 4.69) is 47.0 Å². The minimum Gasteiger partial charge on any atom is -0.506 e. The number of pyridine rings is 1. The first-order chi connectivity index (χ1) is 13.0. The molecule has 2 aliphatic rings. The van der Waals surface area contributed by atoms with Gasteiger partial charge in [0, 0.05) is 48.1 Å². The molecule has 4 rings (SSSR count). The van der Waals surface area contributed by atoms with Gasteiger partial charge in [-0.1, -0.05) is 17.7 Å². The normalized spacial score (nSPS) is 22.4. The van der Waals surface area contributed by atoms with E-state index in [-0.39, 0.29) is 12.4 Å². The molecule has 1 aromatic carbocycles. The molecule has 2 aliphatic heterocycles. The van der Waals surface area contributed by atoms with E-state index in [1.165, 1.54) is 23.2 Å². The van der Waals surface area contributed by atoms with Gasteiger partial charge in [-0.25, -0.2) is 0 Å². The predicted octanol–water partition coefficient (Wildman–Crippen LogP) is 3.09. The van der Waals surface area contributed by atoms with Gasteiger partial charge in [0.1, 0.15) is 5.75 Å². The lowest BCUT2D eigenvalue weighted by Crippen LogP contribution is -2.35. The van der Waals surface area contributed by atoms with Crippen LogP contribution in [0, 0.1) is 13.8 Å². The van der Waals surface area contributed by atoms with Crippen LogP contribution >= 0.6 is 0 Å². The first-order valence-corrected chi connectivity index (χ1v) is 9.82. The van der Waals surface area contributed by atoms with Crippen LogP contribution in [0.25, 0.3) is 0 Å². The van der Waals surface area contributed by atoms with Crippen LogP contribution in [0.15, 0.2) is 24.4 Å². The SMILES string of the molecule is Cc1ccc2c(c1)[C@H]1CN(C)CCC[C@@H]1N2Cc1c(CO)cnc(C)c1O. The number of fused-ring (bicyclic) bond motifs is 3. The van der Waals surface area contributed by atoms with E-state index < -0.39 is 0 Å². The topological polar surface area (TPSA) is 59.8 Å². The summed E-state index contributed by atoms with van der Waals surface area (Å²) < 4.78 is 0. The van der Waals surface area contributed by atoms with E-state index >= 15 is 0 Å². The Morgan fingerprint density at radius 3 is 2.85 bits per heavy atom. The Morgan fingerprint density at radius 2 is 2.07 bits per heavy atom. The predicted molar refractivity (Wildman–Crippen MR) is 107 cm³/mol. The number of benzene rings is 1. The molecule has 0 aliphatic carbocycles. The Morgan fingerprint density at radius 1 is 1.26 bits per heavy atom. The second-order valence-corrected chi connectivity index (χ2v) is 8.12. The van der Waals surface area contributed by atoms with Gasteiger partial charge in [-0.15, -0.1) is 0 Å². The van der Waals surface area contributed by atoms with Gasteiger partial charge in [0.15, 0.2) is 0 Å². The van der Waals surface area contributed by atoms with Crippen LogP contribution in [0.4, 0.5) is 5.69 Å². The number of rotatable bonds is 3. The van der Waals surface area contributed by atoms with Gasteiger partial charge < -0.3 is 20.0 Å². The van der Waals surface area contributed by atoms with E-state index in [0.29, 0.717) is 29.8 Å². The summed E-state index contributed by atoms with van der Waals surface area (Å²) in [6, 6.07) is 7.15. The number of likely N-dealkylation sites (tertiary alicyclic amines) is 1. The van der Waals surface area contributed by atoms with Crippen LogP contribution in [-0.2, 0) is 13.2 Å². The molecule has 0 unspecified atom stereocenters. The minimum atomic E-state index is -0.110. The largest absolute Gasteiger partial charge is 0.506 e. The maximum atomic E-state index is 10.6. The summed E-state index contributed by atoms with van der Waals surface area (Å²) in [5.74, 6) is 0.694. The molecule has 0 saturated carbocycles. The van der Waals surface area contributed by atoms with Crippen LogP contribution in [0.3, 0.4) is 0 Å². The molecule has 3 heterocycles. The number of anilines is 1. The molecule has 0 spiro atoms. The Bertz CT molecular complexity index is 852. The van der Waals surface area contributed by atoms with Gasteiger partial charge in [-0.2, -0.15) is 0 Å². The van der Waals surface area contributed by atoms with Gasteiger partial charge in [-0.3, -0.25) is 4.98 Å². The number of aromatic hydroxyl groups is 1. The van der Waals surface area contributed by atoms with Crippen molar-refractivity contribution in [2.75, 3.05) is 25.0 Å². The quantitative estimate of drug-likeness (QED) is 0.873. The molecule has 0 bridgehead atoms. The lowest BCUT2D eigenvalue weighted by atomic mass is 9.92. The van der Waals surface area contributed by atoms with Gasteiger partial charge in [-0.05, 0) is 51.9 Å².